The highest BCUT2D eigenvalue weighted by Gasteiger charge is 2.32. The molecule has 3 N–H and O–H groups in total. The van der Waals surface area contributed by atoms with Crippen molar-refractivity contribution >= 4 is 12.2 Å². The Bertz CT molecular complexity index is 194. The SMILES string of the molecule is CN(C)CCC(O)(CC=O)C(N)=O. The molecule has 1 unspecified atom stereocenters. The molecule has 0 saturated heterocycles. The van der Waals surface area contributed by atoms with E-state index in [9.17, 15) is 14.7 Å². The average Bonchev–Trinajstić information content (AvgIpc) is 2.01. The number of carbonyl (C=O) groups excluding carboxylic acids is 2. The molecule has 0 fully saturated rings. The number of rotatable bonds is 6. The van der Waals surface area contributed by atoms with E-state index in [1.165, 1.54) is 0 Å². The molecule has 0 aromatic rings. The fourth-order valence-corrected chi connectivity index (χ4v) is 0.872. The van der Waals surface area contributed by atoms with Gasteiger partial charge in [-0.15, -0.1) is 0 Å². The van der Waals surface area contributed by atoms with Crippen molar-refractivity contribution < 1.29 is 14.7 Å². The van der Waals surface area contributed by atoms with E-state index in [1.807, 2.05) is 14.1 Å². The van der Waals surface area contributed by atoms with Gasteiger partial charge in [-0.25, -0.2) is 0 Å². The number of carbonyl (C=O) groups is 2. The van der Waals surface area contributed by atoms with Crippen LogP contribution in [-0.2, 0) is 9.59 Å². The van der Waals surface area contributed by atoms with E-state index in [-0.39, 0.29) is 12.8 Å². The van der Waals surface area contributed by atoms with Crippen LogP contribution < -0.4 is 5.73 Å². The van der Waals surface area contributed by atoms with Crippen molar-refractivity contribution in [1.29, 1.82) is 0 Å². The van der Waals surface area contributed by atoms with Crippen LogP contribution in [0.2, 0.25) is 0 Å². The summed E-state index contributed by atoms with van der Waals surface area (Å²) >= 11 is 0. The summed E-state index contributed by atoms with van der Waals surface area (Å²) in [4.78, 5) is 22.8. The summed E-state index contributed by atoms with van der Waals surface area (Å²) in [6.07, 6.45) is 0.435. The van der Waals surface area contributed by atoms with Gasteiger partial charge >= 0.3 is 0 Å². The van der Waals surface area contributed by atoms with Crippen LogP contribution in [0.15, 0.2) is 0 Å². The van der Waals surface area contributed by atoms with Crippen molar-refractivity contribution in [3.63, 3.8) is 0 Å². The minimum Gasteiger partial charge on any atom is -0.380 e. The maximum Gasteiger partial charge on any atom is 0.249 e. The predicted molar refractivity (Wildman–Crippen MR) is 48.0 cm³/mol. The van der Waals surface area contributed by atoms with Crippen LogP contribution in [0.25, 0.3) is 0 Å². The molecular formula is C8H16N2O3. The lowest BCUT2D eigenvalue weighted by Crippen LogP contribution is -2.46. The third kappa shape index (κ3) is 4.00. The zero-order valence-electron chi connectivity index (χ0n) is 7.99. The third-order valence-corrected chi connectivity index (χ3v) is 1.85. The molecule has 0 rings (SSSR count). The Labute approximate surface area is 77.5 Å². The van der Waals surface area contributed by atoms with Crippen LogP contribution in [0, 0.1) is 0 Å². The molecule has 0 heterocycles. The van der Waals surface area contributed by atoms with Crippen LogP contribution in [-0.4, -0.2) is 48.4 Å². The predicted octanol–water partition coefficient (Wildman–Crippen LogP) is -1.26. The molecule has 5 heteroatoms. The molecule has 0 aliphatic carbocycles. The Kier molecular flexibility index (Phi) is 4.58. The number of hydrogen-bond acceptors (Lipinski definition) is 4. The number of nitrogens with zero attached hydrogens (tertiary/aromatic N) is 1. The van der Waals surface area contributed by atoms with E-state index in [1.54, 1.807) is 4.90 Å². The molecule has 76 valence electrons. The Hall–Kier alpha value is -0.940. The van der Waals surface area contributed by atoms with E-state index >= 15 is 0 Å². The summed E-state index contributed by atoms with van der Waals surface area (Å²) in [5, 5.41) is 9.60. The highest BCUT2D eigenvalue weighted by atomic mass is 16.3. The summed E-state index contributed by atoms with van der Waals surface area (Å²) < 4.78 is 0. The van der Waals surface area contributed by atoms with Gasteiger partial charge in [-0.3, -0.25) is 4.79 Å². The third-order valence-electron chi connectivity index (χ3n) is 1.85. The standard InChI is InChI=1S/C8H16N2O3/c1-10(2)5-3-8(13,4-6-11)7(9)12/h6,13H,3-5H2,1-2H3,(H2,9,12). The van der Waals surface area contributed by atoms with E-state index in [4.69, 9.17) is 5.73 Å². The van der Waals surface area contributed by atoms with Crippen LogP contribution in [0.3, 0.4) is 0 Å². The molecule has 0 spiro atoms. The molecule has 0 bridgehead atoms. The maximum atomic E-state index is 10.8. The molecule has 0 aliphatic heterocycles. The second-order valence-corrected chi connectivity index (χ2v) is 3.32. The maximum absolute atomic E-state index is 10.8. The highest BCUT2D eigenvalue weighted by molar-refractivity contribution is 5.85. The summed E-state index contributed by atoms with van der Waals surface area (Å²) in [5.74, 6) is -0.846. The largest absolute Gasteiger partial charge is 0.380 e. The molecule has 1 atom stereocenters. The molecule has 0 aromatic carbocycles. The van der Waals surface area contributed by atoms with Gasteiger partial charge in [0.05, 0.1) is 0 Å². The number of nitrogens with two attached hydrogens (primary N) is 1. The number of amides is 1. The highest BCUT2D eigenvalue weighted by Crippen LogP contribution is 2.13. The number of aliphatic hydroxyl groups is 1. The van der Waals surface area contributed by atoms with Crippen LogP contribution in [0.1, 0.15) is 12.8 Å². The number of hydrogen-bond donors (Lipinski definition) is 2. The van der Waals surface area contributed by atoms with Crippen molar-refractivity contribution in [3.05, 3.63) is 0 Å². The molecule has 0 aliphatic rings. The van der Waals surface area contributed by atoms with Gasteiger partial charge in [0, 0.05) is 13.0 Å². The molecule has 0 saturated carbocycles. The fourth-order valence-electron chi connectivity index (χ4n) is 0.872. The quantitative estimate of drug-likeness (QED) is 0.510. The Morgan fingerprint density at radius 3 is 2.46 bits per heavy atom. The molecule has 0 aromatic heterocycles. The minimum atomic E-state index is -1.69. The van der Waals surface area contributed by atoms with Gasteiger partial charge in [0.15, 0.2) is 5.60 Å². The average molecular weight is 188 g/mol. The van der Waals surface area contributed by atoms with E-state index in [0.29, 0.717) is 12.8 Å². The van der Waals surface area contributed by atoms with Crippen LogP contribution in [0.4, 0.5) is 0 Å². The first-order valence-electron chi connectivity index (χ1n) is 4.03. The van der Waals surface area contributed by atoms with Crippen molar-refractivity contribution in [2.75, 3.05) is 20.6 Å². The van der Waals surface area contributed by atoms with E-state index < -0.39 is 11.5 Å². The summed E-state index contributed by atoms with van der Waals surface area (Å²) in [6, 6.07) is 0. The first-order chi connectivity index (χ1) is 5.92. The first-order valence-corrected chi connectivity index (χ1v) is 4.03. The van der Waals surface area contributed by atoms with Crippen LogP contribution >= 0.6 is 0 Å². The minimum absolute atomic E-state index is 0.175. The van der Waals surface area contributed by atoms with Crippen molar-refractivity contribution in [1.82, 2.24) is 4.90 Å². The van der Waals surface area contributed by atoms with Crippen LogP contribution in [0.5, 0.6) is 0 Å². The summed E-state index contributed by atoms with van der Waals surface area (Å²) in [7, 11) is 3.62. The van der Waals surface area contributed by atoms with E-state index in [2.05, 4.69) is 0 Å². The van der Waals surface area contributed by atoms with Gasteiger partial charge in [0.1, 0.15) is 6.29 Å². The number of aldehydes is 1. The Balaban J connectivity index is 4.23. The second-order valence-electron chi connectivity index (χ2n) is 3.32. The normalized spacial score (nSPS) is 15.4. The van der Waals surface area contributed by atoms with Gasteiger partial charge in [0.2, 0.25) is 5.91 Å². The Morgan fingerprint density at radius 2 is 2.15 bits per heavy atom. The number of primary amides is 1. The Morgan fingerprint density at radius 1 is 1.62 bits per heavy atom. The smallest absolute Gasteiger partial charge is 0.249 e. The molecular weight excluding hydrogens is 172 g/mol. The lowest BCUT2D eigenvalue weighted by molar-refractivity contribution is -0.140. The molecule has 5 nitrogen and oxygen atoms in total. The zero-order valence-corrected chi connectivity index (χ0v) is 7.99. The summed E-state index contributed by atoms with van der Waals surface area (Å²) in [6.45, 7) is 0.507. The lowest BCUT2D eigenvalue weighted by atomic mass is 9.95. The van der Waals surface area contributed by atoms with Gasteiger partial charge < -0.3 is 20.5 Å². The second kappa shape index (κ2) is 4.94. The van der Waals surface area contributed by atoms with Crippen molar-refractivity contribution in [2.45, 2.75) is 18.4 Å². The van der Waals surface area contributed by atoms with Crippen molar-refractivity contribution in [3.8, 4) is 0 Å². The topological polar surface area (TPSA) is 83.6 Å². The van der Waals surface area contributed by atoms with Gasteiger partial charge in [-0.2, -0.15) is 0 Å². The van der Waals surface area contributed by atoms with Gasteiger partial charge in [0.25, 0.3) is 0 Å². The molecule has 13 heavy (non-hydrogen) atoms. The monoisotopic (exact) mass is 188 g/mol. The lowest BCUT2D eigenvalue weighted by Gasteiger charge is -2.23. The summed E-state index contributed by atoms with van der Waals surface area (Å²) in [5.41, 5.74) is 3.29. The first kappa shape index (κ1) is 12.1. The molecule has 1 amide bonds. The fraction of sp³-hybridized carbons (Fsp3) is 0.750. The zero-order chi connectivity index (χ0) is 10.5. The molecule has 0 radical (unpaired) electrons. The van der Waals surface area contributed by atoms with Gasteiger partial charge in [-0.1, -0.05) is 0 Å². The van der Waals surface area contributed by atoms with Crippen molar-refractivity contribution in [2.24, 2.45) is 5.73 Å². The van der Waals surface area contributed by atoms with E-state index in [0.717, 1.165) is 0 Å². The van der Waals surface area contributed by atoms with Gasteiger partial charge in [-0.05, 0) is 20.5 Å².